The molecule has 1 heterocycles. The Kier molecular flexibility index (Phi) is 3.66. The lowest BCUT2D eigenvalue weighted by atomic mass is 9.97. The predicted molar refractivity (Wildman–Crippen MR) is 49.1 cm³/mol. The minimum absolute atomic E-state index is 0.114. The molecule has 5 nitrogen and oxygen atoms in total. The molecule has 0 aromatic carbocycles. The molecular formula is C7H16N2O3S. The molecule has 1 unspecified atom stereocenters. The first-order valence-electron chi connectivity index (χ1n) is 4.43. The van der Waals surface area contributed by atoms with Crippen molar-refractivity contribution in [1.82, 2.24) is 4.31 Å². The zero-order chi connectivity index (χ0) is 9.90. The molecule has 0 bridgehead atoms. The third-order valence-corrected chi connectivity index (χ3v) is 3.43. The van der Waals surface area contributed by atoms with Crippen LogP contribution in [0.3, 0.4) is 0 Å². The van der Waals surface area contributed by atoms with Gasteiger partial charge in [-0.25, -0.2) is 5.14 Å². The van der Waals surface area contributed by atoms with Gasteiger partial charge in [0.1, 0.15) is 0 Å². The van der Waals surface area contributed by atoms with Crippen molar-refractivity contribution in [2.24, 2.45) is 11.1 Å². The van der Waals surface area contributed by atoms with Gasteiger partial charge in [-0.15, -0.1) is 0 Å². The summed E-state index contributed by atoms with van der Waals surface area (Å²) in [6.45, 7) is 1.09. The van der Waals surface area contributed by atoms with Crippen LogP contribution in [0.2, 0.25) is 0 Å². The molecule has 3 N–H and O–H groups in total. The van der Waals surface area contributed by atoms with Crippen LogP contribution in [0.1, 0.15) is 19.3 Å². The topological polar surface area (TPSA) is 83.6 Å². The highest BCUT2D eigenvalue weighted by Gasteiger charge is 2.25. The lowest BCUT2D eigenvalue weighted by Gasteiger charge is -2.30. The number of nitrogens with zero attached hydrogens (tertiary/aromatic N) is 1. The average Bonchev–Trinajstić information content (AvgIpc) is 2.04. The molecule has 0 spiro atoms. The Balaban J connectivity index is 2.52. The van der Waals surface area contributed by atoms with Gasteiger partial charge in [-0.2, -0.15) is 12.7 Å². The normalized spacial score (nSPS) is 26.2. The summed E-state index contributed by atoms with van der Waals surface area (Å²) in [6, 6.07) is 0. The van der Waals surface area contributed by atoms with E-state index in [1.807, 2.05) is 0 Å². The molecule has 13 heavy (non-hydrogen) atoms. The minimum Gasteiger partial charge on any atom is -0.396 e. The first kappa shape index (κ1) is 10.9. The van der Waals surface area contributed by atoms with Crippen molar-refractivity contribution in [2.75, 3.05) is 19.7 Å². The van der Waals surface area contributed by atoms with Crippen LogP contribution in [0, 0.1) is 5.92 Å². The van der Waals surface area contributed by atoms with Crippen LogP contribution in [-0.4, -0.2) is 37.5 Å². The Morgan fingerprint density at radius 1 is 1.54 bits per heavy atom. The van der Waals surface area contributed by atoms with E-state index in [1.54, 1.807) is 0 Å². The Morgan fingerprint density at radius 2 is 2.23 bits per heavy atom. The Hall–Kier alpha value is -0.170. The second-order valence-corrected chi connectivity index (χ2v) is 4.97. The molecule has 0 amide bonds. The van der Waals surface area contributed by atoms with Gasteiger partial charge in [0.25, 0.3) is 10.2 Å². The molecule has 1 rings (SSSR count). The number of aliphatic hydroxyl groups excluding tert-OH is 1. The van der Waals surface area contributed by atoms with Gasteiger partial charge in [0.05, 0.1) is 0 Å². The van der Waals surface area contributed by atoms with Gasteiger partial charge in [0, 0.05) is 19.7 Å². The zero-order valence-corrected chi connectivity index (χ0v) is 8.33. The number of nitrogens with two attached hydrogens (primary N) is 1. The van der Waals surface area contributed by atoms with E-state index < -0.39 is 10.2 Å². The van der Waals surface area contributed by atoms with Crippen LogP contribution >= 0.6 is 0 Å². The fourth-order valence-electron chi connectivity index (χ4n) is 1.68. The lowest BCUT2D eigenvalue weighted by Crippen LogP contribution is -2.43. The highest BCUT2D eigenvalue weighted by molar-refractivity contribution is 7.86. The van der Waals surface area contributed by atoms with Crippen LogP contribution in [0.4, 0.5) is 0 Å². The van der Waals surface area contributed by atoms with Crippen LogP contribution in [-0.2, 0) is 10.2 Å². The molecule has 0 saturated carbocycles. The molecule has 1 aliphatic heterocycles. The monoisotopic (exact) mass is 208 g/mol. The number of rotatable bonds is 3. The summed E-state index contributed by atoms with van der Waals surface area (Å²) in [6.07, 6.45) is 2.47. The van der Waals surface area contributed by atoms with Crippen molar-refractivity contribution in [2.45, 2.75) is 19.3 Å². The maximum absolute atomic E-state index is 11.0. The molecule has 0 aliphatic carbocycles. The largest absolute Gasteiger partial charge is 0.396 e. The van der Waals surface area contributed by atoms with Gasteiger partial charge in [-0.3, -0.25) is 0 Å². The van der Waals surface area contributed by atoms with Crippen molar-refractivity contribution < 1.29 is 13.5 Å². The van der Waals surface area contributed by atoms with E-state index in [4.69, 9.17) is 10.2 Å². The number of aliphatic hydroxyl groups is 1. The average molecular weight is 208 g/mol. The molecular weight excluding hydrogens is 192 g/mol. The van der Waals surface area contributed by atoms with E-state index in [0.717, 1.165) is 12.8 Å². The second-order valence-electron chi connectivity index (χ2n) is 3.42. The van der Waals surface area contributed by atoms with Gasteiger partial charge in [-0.05, 0) is 25.2 Å². The first-order valence-corrected chi connectivity index (χ1v) is 5.93. The molecule has 0 aromatic heterocycles. The maximum atomic E-state index is 11.0. The van der Waals surface area contributed by atoms with Crippen molar-refractivity contribution in [1.29, 1.82) is 0 Å². The lowest BCUT2D eigenvalue weighted by molar-refractivity contribution is 0.203. The Labute approximate surface area is 78.7 Å². The van der Waals surface area contributed by atoms with E-state index in [9.17, 15) is 8.42 Å². The van der Waals surface area contributed by atoms with Gasteiger partial charge >= 0.3 is 0 Å². The first-order chi connectivity index (χ1) is 6.04. The molecule has 1 saturated heterocycles. The van der Waals surface area contributed by atoms with Gasteiger partial charge in [0.2, 0.25) is 0 Å². The summed E-state index contributed by atoms with van der Waals surface area (Å²) in [7, 11) is -3.53. The van der Waals surface area contributed by atoms with Crippen LogP contribution in [0.5, 0.6) is 0 Å². The molecule has 0 aromatic rings. The molecule has 1 fully saturated rings. The number of piperidine rings is 1. The standard InChI is InChI=1S/C7H16N2O3S/c8-13(11,12)9-4-1-2-7(6-9)3-5-10/h7,10H,1-6H2,(H2,8,11,12). The highest BCUT2D eigenvalue weighted by Crippen LogP contribution is 2.20. The Bertz CT molecular complexity index is 250. The van der Waals surface area contributed by atoms with Gasteiger partial charge in [-0.1, -0.05) is 0 Å². The quantitative estimate of drug-likeness (QED) is 0.642. The van der Waals surface area contributed by atoms with Gasteiger partial charge in [0.15, 0.2) is 0 Å². The van der Waals surface area contributed by atoms with E-state index in [2.05, 4.69) is 0 Å². The molecule has 0 radical (unpaired) electrons. The Morgan fingerprint density at radius 3 is 2.77 bits per heavy atom. The maximum Gasteiger partial charge on any atom is 0.276 e. The molecule has 6 heteroatoms. The highest BCUT2D eigenvalue weighted by atomic mass is 32.2. The number of hydrogen-bond acceptors (Lipinski definition) is 3. The van der Waals surface area contributed by atoms with Crippen molar-refractivity contribution in [3.05, 3.63) is 0 Å². The predicted octanol–water partition coefficient (Wildman–Crippen LogP) is -0.716. The van der Waals surface area contributed by atoms with Crippen molar-refractivity contribution in [3.8, 4) is 0 Å². The summed E-state index contributed by atoms with van der Waals surface area (Å²) in [4.78, 5) is 0. The third kappa shape index (κ3) is 3.22. The van der Waals surface area contributed by atoms with E-state index in [-0.39, 0.29) is 12.5 Å². The smallest absolute Gasteiger partial charge is 0.276 e. The summed E-state index contributed by atoms with van der Waals surface area (Å²) < 4.78 is 23.2. The van der Waals surface area contributed by atoms with Crippen molar-refractivity contribution >= 4 is 10.2 Å². The summed E-state index contributed by atoms with van der Waals surface area (Å²) >= 11 is 0. The molecule has 1 atom stereocenters. The van der Waals surface area contributed by atoms with Crippen LogP contribution < -0.4 is 5.14 Å². The molecule has 1 aliphatic rings. The summed E-state index contributed by atoms with van der Waals surface area (Å²) in [5, 5.41) is 13.7. The fourth-order valence-corrected chi connectivity index (χ4v) is 2.48. The van der Waals surface area contributed by atoms with E-state index in [1.165, 1.54) is 4.31 Å². The minimum atomic E-state index is -3.53. The van der Waals surface area contributed by atoms with Crippen molar-refractivity contribution in [3.63, 3.8) is 0 Å². The zero-order valence-electron chi connectivity index (χ0n) is 7.52. The van der Waals surface area contributed by atoms with Crippen LogP contribution in [0.15, 0.2) is 0 Å². The van der Waals surface area contributed by atoms with Crippen LogP contribution in [0.25, 0.3) is 0 Å². The second kappa shape index (κ2) is 4.36. The third-order valence-electron chi connectivity index (χ3n) is 2.38. The summed E-state index contributed by atoms with van der Waals surface area (Å²) in [5.74, 6) is 0.261. The van der Waals surface area contributed by atoms with E-state index in [0.29, 0.717) is 19.5 Å². The van der Waals surface area contributed by atoms with E-state index >= 15 is 0 Å². The van der Waals surface area contributed by atoms with Gasteiger partial charge < -0.3 is 5.11 Å². The molecule has 78 valence electrons. The number of hydrogen-bond donors (Lipinski definition) is 2. The fraction of sp³-hybridized carbons (Fsp3) is 1.00. The summed E-state index contributed by atoms with van der Waals surface area (Å²) in [5.41, 5.74) is 0. The SMILES string of the molecule is NS(=O)(=O)N1CCCC(CCO)C1.